The third kappa shape index (κ3) is 3.47. The average molecular weight is 315 g/mol. The maximum atomic E-state index is 12.5. The van der Waals surface area contributed by atoms with E-state index >= 15 is 0 Å². The molecule has 23 heavy (non-hydrogen) atoms. The van der Waals surface area contributed by atoms with Gasteiger partial charge in [0, 0.05) is 19.2 Å². The van der Waals surface area contributed by atoms with Crippen molar-refractivity contribution in [2.75, 3.05) is 13.7 Å². The van der Waals surface area contributed by atoms with E-state index in [4.69, 9.17) is 9.26 Å². The van der Waals surface area contributed by atoms with Gasteiger partial charge in [-0.2, -0.15) is 0 Å². The second-order valence-electron chi connectivity index (χ2n) is 5.72. The van der Waals surface area contributed by atoms with Crippen molar-refractivity contribution in [2.24, 2.45) is 0 Å². The highest BCUT2D eigenvalue weighted by atomic mass is 16.5. The van der Waals surface area contributed by atoms with Crippen LogP contribution in [0.4, 0.5) is 4.79 Å². The summed E-state index contributed by atoms with van der Waals surface area (Å²) in [5.41, 5.74) is 1.84. The van der Waals surface area contributed by atoms with Gasteiger partial charge in [-0.3, -0.25) is 0 Å². The lowest BCUT2D eigenvalue weighted by atomic mass is 10.1. The zero-order chi connectivity index (χ0) is 16.2. The molecule has 122 valence electrons. The molecule has 1 N–H and O–H groups in total. The molecular formula is C17H21N3O3. The van der Waals surface area contributed by atoms with E-state index in [1.807, 2.05) is 42.2 Å². The third-order valence-electron chi connectivity index (χ3n) is 4.08. The van der Waals surface area contributed by atoms with Gasteiger partial charge in [0.05, 0.1) is 13.2 Å². The van der Waals surface area contributed by atoms with Crippen LogP contribution in [0.2, 0.25) is 0 Å². The number of amides is 2. The standard InChI is InChI=1S/C17H21N3O3/c1-12-9-15(19-23-12)16-7-4-8-20(16)17(21)18-11-13-5-3-6-14(10-13)22-2/h3,5-6,9-10,16H,4,7-8,11H2,1-2H3,(H,18,21)/t16-/m1/s1. The topological polar surface area (TPSA) is 67.6 Å². The highest BCUT2D eigenvalue weighted by Gasteiger charge is 2.31. The molecule has 6 nitrogen and oxygen atoms in total. The Hall–Kier alpha value is -2.50. The van der Waals surface area contributed by atoms with Crippen molar-refractivity contribution in [3.63, 3.8) is 0 Å². The van der Waals surface area contributed by atoms with Gasteiger partial charge in [-0.25, -0.2) is 4.79 Å². The number of ether oxygens (including phenoxy) is 1. The van der Waals surface area contributed by atoms with Crippen LogP contribution in [0.1, 0.15) is 35.9 Å². The lowest BCUT2D eigenvalue weighted by Crippen LogP contribution is -2.39. The number of benzene rings is 1. The normalized spacial score (nSPS) is 17.3. The van der Waals surface area contributed by atoms with Crippen molar-refractivity contribution in [3.8, 4) is 5.75 Å². The first kappa shape index (κ1) is 15.4. The molecule has 1 aliphatic rings. The van der Waals surface area contributed by atoms with Crippen LogP contribution >= 0.6 is 0 Å². The Morgan fingerprint density at radius 1 is 1.48 bits per heavy atom. The fourth-order valence-corrected chi connectivity index (χ4v) is 2.92. The number of methoxy groups -OCH3 is 1. The first-order valence-corrected chi connectivity index (χ1v) is 7.78. The van der Waals surface area contributed by atoms with Crippen LogP contribution in [0.3, 0.4) is 0 Å². The Morgan fingerprint density at radius 2 is 2.35 bits per heavy atom. The lowest BCUT2D eigenvalue weighted by molar-refractivity contribution is 0.190. The molecule has 0 bridgehead atoms. The summed E-state index contributed by atoms with van der Waals surface area (Å²) >= 11 is 0. The van der Waals surface area contributed by atoms with Gasteiger partial charge in [0.15, 0.2) is 0 Å². The Labute approximate surface area is 135 Å². The van der Waals surface area contributed by atoms with Gasteiger partial charge in [-0.1, -0.05) is 17.3 Å². The minimum absolute atomic E-state index is 0.00207. The third-order valence-corrected chi connectivity index (χ3v) is 4.08. The van der Waals surface area contributed by atoms with E-state index < -0.39 is 0 Å². The van der Waals surface area contributed by atoms with Gasteiger partial charge in [-0.05, 0) is 37.5 Å². The molecule has 2 aromatic rings. The van der Waals surface area contributed by atoms with Crippen LogP contribution in [0.15, 0.2) is 34.9 Å². The van der Waals surface area contributed by atoms with Crippen LogP contribution in [0, 0.1) is 6.92 Å². The fraction of sp³-hybridized carbons (Fsp3) is 0.412. The Morgan fingerprint density at radius 3 is 3.09 bits per heavy atom. The molecule has 0 unspecified atom stereocenters. The van der Waals surface area contributed by atoms with E-state index in [0.29, 0.717) is 6.54 Å². The molecule has 1 aliphatic heterocycles. The van der Waals surface area contributed by atoms with Gasteiger partial charge in [0.1, 0.15) is 17.2 Å². The molecule has 2 heterocycles. The summed E-state index contributed by atoms with van der Waals surface area (Å²) in [4.78, 5) is 14.3. The Bertz CT molecular complexity index is 683. The zero-order valence-corrected chi connectivity index (χ0v) is 13.4. The molecule has 0 saturated carbocycles. The molecule has 0 spiro atoms. The van der Waals surface area contributed by atoms with Crippen molar-refractivity contribution < 1.29 is 14.1 Å². The van der Waals surface area contributed by atoms with Gasteiger partial charge in [-0.15, -0.1) is 0 Å². The average Bonchev–Trinajstić information content (AvgIpc) is 3.21. The SMILES string of the molecule is COc1cccc(CNC(=O)N2CCC[C@@H]2c2cc(C)on2)c1. The first-order valence-electron chi connectivity index (χ1n) is 7.78. The molecule has 1 saturated heterocycles. The zero-order valence-electron chi connectivity index (χ0n) is 13.4. The number of rotatable bonds is 4. The summed E-state index contributed by atoms with van der Waals surface area (Å²) in [5.74, 6) is 1.55. The largest absolute Gasteiger partial charge is 0.497 e. The molecule has 0 aliphatic carbocycles. The van der Waals surface area contributed by atoms with E-state index in [0.717, 1.165) is 42.2 Å². The number of hydrogen-bond acceptors (Lipinski definition) is 4. The van der Waals surface area contributed by atoms with Crippen LogP contribution < -0.4 is 10.1 Å². The van der Waals surface area contributed by atoms with Crippen LogP contribution in [-0.4, -0.2) is 29.7 Å². The number of carbonyl (C=O) groups is 1. The van der Waals surface area contributed by atoms with Gasteiger partial charge in [0.25, 0.3) is 0 Å². The van der Waals surface area contributed by atoms with Crippen LogP contribution in [0.25, 0.3) is 0 Å². The van der Waals surface area contributed by atoms with Crippen LogP contribution in [-0.2, 0) is 6.54 Å². The summed E-state index contributed by atoms with van der Waals surface area (Å²) in [6.45, 7) is 3.07. The van der Waals surface area contributed by atoms with E-state index in [1.54, 1.807) is 7.11 Å². The smallest absolute Gasteiger partial charge is 0.318 e. The number of carbonyl (C=O) groups excluding carboxylic acids is 1. The molecule has 1 fully saturated rings. The number of urea groups is 1. The molecule has 0 radical (unpaired) electrons. The van der Waals surface area contributed by atoms with Gasteiger partial charge < -0.3 is 19.5 Å². The molecule has 1 aromatic heterocycles. The minimum atomic E-state index is -0.0732. The summed E-state index contributed by atoms with van der Waals surface area (Å²) in [5, 5.41) is 7.03. The number of aryl methyl sites for hydroxylation is 1. The highest BCUT2D eigenvalue weighted by molar-refractivity contribution is 5.75. The van der Waals surface area contributed by atoms with Crippen molar-refractivity contribution >= 4 is 6.03 Å². The highest BCUT2D eigenvalue weighted by Crippen LogP contribution is 2.31. The first-order chi connectivity index (χ1) is 11.2. The summed E-state index contributed by atoms with van der Waals surface area (Å²) in [7, 11) is 1.63. The van der Waals surface area contributed by atoms with E-state index in [-0.39, 0.29) is 12.1 Å². The second-order valence-corrected chi connectivity index (χ2v) is 5.72. The Balaban J connectivity index is 1.63. The molecular weight excluding hydrogens is 294 g/mol. The monoisotopic (exact) mass is 315 g/mol. The Kier molecular flexibility index (Phi) is 4.50. The fourth-order valence-electron chi connectivity index (χ4n) is 2.92. The van der Waals surface area contributed by atoms with Crippen molar-refractivity contribution in [2.45, 2.75) is 32.4 Å². The van der Waals surface area contributed by atoms with E-state index in [9.17, 15) is 4.79 Å². The number of hydrogen-bond donors (Lipinski definition) is 1. The molecule has 2 amide bonds. The summed E-state index contributed by atoms with van der Waals surface area (Å²) < 4.78 is 10.3. The number of nitrogens with one attached hydrogen (secondary N) is 1. The number of nitrogens with zero attached hydrogens (tertiary/aromatic N) is 2. The maximum absolute atomic E-state index is 12.5. The molecule has 1 atom stereocenters. The van der Waals surface area contributed by atoms with Gasteiger partial charge in [0.2, 0.25) is 0 Å². The van der Waals surface area contributed by atoms with Crippen molar-refractivity contribution in [3.05, 3.63) is 47.3 Å². The van der Waals surface area contributed by atoms with Crippen molar-refractivity contribution in [1.82, 2.24) is 15.4 Å². The molecule has 6 heteroatoms. The van der Waals surface area contributed by atoms with Crippen molar-refractivity contribution in [1.29, 1.82) is 0 Å². The number of aromatic nitrogens is 1. The second kappa shape index (κ2) is 6.73. The summed E-state index contributed by atoms with van der Waals surface area (Å²) in [6, 6.07) is 9.51. The predicted octanol–water partition coefficient (Wildman–Crippen LogP) is 3.04. The molecule has 3 rings (SSSR count). The van der Waals surface area contributed by atoms with E-state index in [1.165, 1.54) is 0 Å². The van der Waals surface area contributed by atoms with Gasteiger partial charge >= 0.3 is 6.03 Å². The van der Waals surface area contributed by atoms with E-state index in [2.05, 4.69) is 10.5 Å². The quantitative estimate of drug-likeness (QED) is 0.941. The maximum Gasteiger partial charge on any atom is 0.318 e. The lowest BCUT2D eigenvalue weighted by Gasteiger charge is -2.23. The van der Waals surface area contributed by atoms with Crippen LogP contribution in [0.5, 0.6) is 5.75 Å². The summed E-state index contributed by atoms with van der Waals surface area (Å²) in [6.07, 6.45) is 1.89. The predicted molar refractivity (Wildman–Crippen MR) is 85.2 cm³/mol. The molecule has 1 aromatic carbocycles. The number of likely N-dealkylation sites (tertiary alicyclic amines) is 1. The minimum Gasteiger partial charge on any atom is -0.497 e.